The number of rotatable bonds is 10. The fraction of sp³-hybridized carbons (Fsp3) is 0.444. The molecule has 0 spiro atoms. The van der Waals surface area contributed by atoms with E-state index in [1.54, 1.807) is 20.4 Å². The Kier molecular flexibility index (Phi) is 11.7. The minimum absolute atomic E-state index is 0. The first-order valence-electron chi connectivity index (χ1n) is 8.34. The maximum atomic E-state index is 5.52. The van der Waals surface area contributed by atoms with Crippen molar-refractivity contribution >= 4 is 29.9 Å². The number of benzene rings is 1. The van der Waals surface area contributed by atoms with E-state index in [4.69, 9.17) is 13.9 Å². The quantitative estimate of drug-likeness (QED) is 0.239. The summed E-state index contributed by atoms with van der Waals surface area (Å²) in [6.45, 7) is 3.26. The van der Waals surface area contributed by atoms with Crippen LogP contribution in [-0.2, 0) is 16.0 Å². The van der Waals surface area contributed by atoms with Crippen LogP contribution in [0.15, 0.2) is 46.0 Å². The van der Waals surface area contributed by atoms with Crippen molar-refractivity contribution in [3.05, 3.63) is 42.3 Å². The van der Waals surface area contributed by atoms with Crippen LogP contribution in [0, 0.1) is 0 Å². The Labute approximate surface area is 171 Å². The Bertz CT molecular complexity index is 634. The Hall–Kier alpha value is -1.65. The van der Waals surface area contributed by atoms with Crippen molar-refractivity contribution in [3.63, 3.8) is 0 Å². The summed E-state index contributed by atoms with van der Waals surface area (Å²) in [5.74, 6) is 1.34. The van der Waals surface area contributed by atoms with Gasteiger partial charge in [-0.15, -0.1) is 24.0 Å². The van der Waals surface area contributed by atoms with Crippen molar-refractivity contribution in [1.82, 2.24) is 15.6 Å². The average molecular weight is 474 g/mol. The van der Waals surface area contributed by atoms with Crippen LogP contribution in [0.1, 0.15) is 12.1 Å². The summed E-state index contributed by atoms with van der Waals surface area (Å²) in [6.07, 6.45) is 2.55. The van der Waals surface area contributed by atoms with Crippen LogP contribution in [0.4, 0.5) is 0 Å². The highest BCUT2D eigenvalue weighted by molar-refractivity contribution is 14.0. The van der Waals surface area contributed by atoms with Crippen LogP contribution in [0.2, 0.25) is 0 Å². The Morgan fingerprint density at radius 1 is 1.15 bits per heavy atom. The van der Waals surface area contributed by atoms with Crippen molar-refractivity contribution in [1.29, 1.82) is 0 Å². The van der Waals surface area contributed by atoms with Gasteiger partial charge in [0.2, 0.25) is 5.89 Å². The zero-order chi connectivity index (χ0) is 17.7. The molecule has 0 aliphatic heterocycles. The average Bonchev–Trinajstić information content (AvgIpc) is 3.13. The first-order chi connectivity index (χ1) is 12.3. The highest BCUT2D eigenvalue weighted by Crippen LogP contribution is 2.17. The smallest absolute Gasteiger partial charge is 0.226 e. The highest BCUT2D eigenvalue weighted by Gasteiger charge is 2.06. The fourth-order valence-electron chi connectivity index (χ4n) is 2.12. The lowest BCUT2D eigenvalue weighted by atomic mass is 10.2. The van der Waals surface area contributed by atoms with Crippen LogP contribution in [-0.4, -0.2) is 51.5 Å². The zero-order valence-corrected chi connectivity index (χ0v) is 17.6. The summed E-state index contributed by atoms with van der Waals surface area (Å²) in [7, 11) is 3.40. The molecule has 0 radical (unpaired) electrons. The van der Waals surface area contributed by atoms with E-state index in [0.717, 1.165) is 30.2 Å². The van der Waals surface area contributed by atoms with Crippen molar-refractivity contribution in [2.45, 2.75) is 13.0 Å². The summed E-state index contributed by atoms with van der Waals surface area (Å²) < 4.78 is 15.9. The summed E-state index contributed by atoms with van der Waals surface area (Å²) in [6, 6.07) is 9.83. The molecule has 8 heteroatoms. The molecule has 1 aromatic heterocycles. The second kappa shape index (κ2) is 13.5. The fourth-order valence-corrected chi connectivity index (χ4v) is 2.12. The van der Waals surface area contributed by atoms with Gasteiger partial charge in [0.05, 0.1) is 25.5 Å². The molecule has 0 amide bonds. The van der Waals surface area contributed by atoms with E-state index >= 15 is 0 Å². The molecule has 0 unspecified atom stereocenters. The predicted molar refractivity (Wildman–Crippen MR) is 113 cm³/mol. The van der Waals surface area contributed by atoms with Gasteiger partial charge in [-0.05, 0) is 18.6 Å². The SMILES string of the molecule is CN=C(NCCCOCCOC)NCc1coc(-c2ccccc2)n1.I. The third kappa shape index (κ3) is 8.15. The molecule has 0 aliphatic rings. The maximum absolute atomic E-state index is 5.52. The number of ether oxygens (including phenoxy) is 2. The molecule has 1 heterocycles. The summed E-state index contributed by atoms with van der Waals surface area (Å²) >= 11 is 0. The van der Waals surface area contributed by atoms with Gasteiger partial charge in [0.1, 0.15) is 6.26 Å². The van der Waals surface area contributed by atoms with Gasteiger partial charge in [0, 0.05) is 32.9 Å². The standard InChI is InChI=1S/C18H26N4O3.HI/c1-19-18(20-9-6-10-24-12-11-23-2)21-13-16-14-25-17(22-16)15-7-4-3-5-8-15;/h3-5,7-8,14H,6,9-13H2,1-2H3,(H2,19,20,21);1H. The van der Waals surface area contributed by atoms with Gasteiger partial charge in [0.25, 0.3) is 0 Å². The van der Waals surface area contributed by atoms with E-state index in [0.29, 0.717) is 32.3 Å². The minimum Gasteiger partial charge on any atom is -0.444 e. The Balaban J connectivity index is 0.00000338. The number of methoxy groups -OCH3 is 1. The topological polar surface area (TPSA) is 80.9 Å². The molecule has 0 saturated carbocycles. The molecule has 26 heavy (non-hydrogen) atoms. The van der Waals surface area contributed by atoms with Gasteiger partial charge < -0.3 is 24.5 Å². The van der Waals surface area contributed by atoms with Gasteiger partial charge in [-0.3, -0.25) is 4.99 Å². The number of nitrogens with one attached hydrogen (secondary N) is 2. The second-order valence-electron chi connectivity index (χ2n) is 5.32. The molecular formula is C18H27IN4O3. The van der Waals surface area contributed by atoms with E-state index in [1.165, 1.54) is 0 Å². The van der Waals surface area contributed by atoms with Crippen molar-refractivity contribution in [2.75, 3.05) is 40.5 Å². The van der Waals surface area contributed by atoms with Crippen molar-refractivity contribution < 1.29 is 13.9 Å². The van der Waals surface area contributed by atoms with Gasteiger partial charge in [-0.1, -0.05) is 18.2 Å². The number of hydrogen-bond donors (Lipinski definition) is 2. The Morgan fingerprint density at radius 3 is 2.69 bits per heavy atom. The lowest BCUT2D eigenvalue weighted by molar-refractivity contribution is 0.0698. The molecule has 2 rings (SSSR count). The second-order valence-corrected chi connectivity index (χ2v) is 5.32. The van der Waals surface area contributed by atoms with E-state index in [2.05, 4.69) is 20.6 Å². The minimum atomic E-state index is 0. The highest BCUT2D eigenvalue weighted by atomic mass is 127. The monoisotopic (exact) mass is 474 g/mol. The number of halogens is 1. The third-order valence-corrected chi connectivity index (χ3v) is 3.42. The van der Waals surface area contributed by atoms with E-state index < -0.39 is 0 Å². The lowest BCUT2D eigenvalue weighted by Gasteiger charge is -2.10. The summed E-state index contributed by atoms with van der Waals surface area (Å²) in [5.41, 5.74) is 1.79. The van der Waals surface area contributed by atoms with Crippen LogP contribution in [0.3, 0.4) is 0 Å². The Morgan fingerprint density at radius 2 is 1.96 bits per heavy atom. The molecule has 144 valence electrons. The van der Waals surface area contributed by atoms with E-state index in [9.17, 15) is 0 Å². The molecule has 0 saturated heterocycles. The number of guanidine groups is 1. The van der Waals surface area contributed by atoms with Crippen LogP contribution in [0.5, 0.6) is 0 Å². The van der Waals surface area contributed by atoms with Crippen molar-refractivity contribution in [2.24, 2.45) is 4.99 Å². The largest absolute Gasteiger partial charge is 0.444 e. The molecule has 2 aromatic rings. The zero-order valence-electron chi connectivity index (χ0n) is 15.2. The molecular weight excluding hydrogens is 447 g/mol. The molecule has 2 N–H and O–H groups in total. The molecule has 7 nitrogen and oxygen atoms in total. The van der Waals surface area contributed by atoms with E-state index in [-0.39, 0.29) is 24.0 Å². The molecule has 0 bridgehead atoms. The van der Waals surface area contributed by atoms with Crippen LogP contribution in [0.25, 0.3) is 11.5 Å². The number of nitrogens with zero attached hydrogens (tertiary/aromatic N) is 2. The lowest BCUT2D eigenvalue weighted by Crippen LogP contribution is -2.37. The molecule has 1 aromatic carbocycles. The maximum Gasteiger partial charge on any atom is 0.226 e. The summed E-state index contributed by atoms with van der Waals surface area (Å²) in [5, 5.41) is 6.46. The predicted octanol–water partition coefficient (Wildman–Crippen LogP) is 2.68. The van der Waals surface area contributed by atoms with Gasteiger partial charge in [0.15, 0.2) is 5.96 Å². The normalized spacial score (nSPS) is 11.1. The molecule has 0 fully saturated rings. The van der Waals surface area contributed by atoms with Crippen LogP contribution >= 0.6 is 24.0 Å². The van der Waals surface area contributed by atoms with E-state index in [1.807, 2.05) is 30.3 Å². The molecule has 0 atom stereocenters. The summed E-state index contributed by atoms with van der Waals surface area (Å²) in [4.78, 5) is 8.67. The number of aromatic nitrogens is 1. The number of oxazole rings is 1. The van der Waals surface area contributed by atoms with Gasteiger partial charge >= 0.3 is 0 Å². The first kappa shape index (κ1) is 22.4. The van der Waals surface area contributed by atoms with Crippen molar-refractivity contribution in [3.8, 4) is 11.5 Å². The first-order valence-corrected chi connectivity index (χ1v) is 8.34. The molecule has 0 aliphatic carbocycles. The van der Waals surface area contributed by atoms with Gasteiger partial charge in [-0.25, -0.2) is 4.98 Å². The van der Waals surface area contributed by atoms with Gasteiger partial charge in [-0.2, -0.15) is 0 Å². The van der Waals surface area contributed by atoms with Crippen LogP contribution < -0.4 is 10.6 Å². The third-order valence-electron chi connectivity index (χ3n) is 3.42. The number of hydrogen-bond acceptors (Lipinski definition) is 5. The number of aliphatic imine (C=N–C) groups is 1.